The average Bonchev–Trinajstić information content (AvgIpc) is 2.66. The smallest absolute Gasteiger partial charge is 0.230 e. The lowest BCUT2D eigenvalue weighted by Gasteiger charge is -2.38. The van der Waals surface area contributed by atoms with Crippen molar-refractivity contribution in [1.29, 1.82) is 0 Å². The van der Waals surface area contributed by atoms with Crippen molar-refractivity contribution in [1.82, 2.24) is 10.2 Å². The minimum Gasteiger partial charge on any atom is -0.384 e. The number of ether oxygens (including phenoxy) is 1. The van der Waals surface area contributed by atoms with Crippen LogP contribution in [0.4, 0.5) is 0 Å². The molecule has 0 aliphatic carbocycles. The Morgan fingerprint density at radius 3 is 2.64 bits per heavy atom. The maximum absolute atomic E-state index is 13.1. The zero-order valence-electron chi connectivity index (χ0n) is 15.3. The first-order chi connectivity index (χ1) is 12.2. The summed E-state index contributed by atoms with van der Waals surface area (Å²) in [7, 11) is 3.61. The average molecular weight is 340 g/mol. The van der Waals surface area contributed by atoms with Crippen LogP contribution in [0.25, 0.3) is 10.8 Å². The predicted molar refractivity (Wildman–Crippen MR) is 102 cm³/mol. The maximum atomic E-state index is 13.1. The number of hydrogen-bond donors (Lipinski definition) is 1. The summed E-state index contributed by atoms with van der Waals surface area (Å²) in [5.41, 5.74) is 0.928. The third-order valence-electron chi connectivity index (χ3n) is 5.38. The van der Waals surface area contributed by atoms with Gasteiger partial charge < -0.3 is 15.0 Å². The van der Waals surface area contributed by atoms with E-state index in [1.807, 2.05) is 11.9 Å². The summed E-state index contributed by atoms with van der Waals surface area (Å²) in [4.78, 5) is 15.0. The molecule has 3 rings (SSSR count). The van der Waals surface area contributed by atoms with Gasteiger partial charge in [-0.05, 0) is 48.7 Å². The molecule has 1 N–H and O–H groups in total. The van der Waals surface area contributed by atoms with E-state index in [1.165, 1.54) is 16.3 Å². The first-order valence-electron chi connectivity index (χ1n) is 9.08. The Morgan fingerprint density at radius 1 is 1.16 bits per heavy atom. The van der Waals surface area contributed by atoms with Gasteiger partial charge in [-0.25, -0.2) is 0 Å². The number of carbonyl (C=O) groups excluding carboxylic acids is 1. The molecule has 0 unspecified atom stereocenters. The van der Waals surface area contributed by atoms with Crippen LogP contribution in [0.2, 0.25) is 0 Å². The van der Waals surface area contributed by atoms with Crippen molar-refractivity contribution in [3.05, 3.63) is 48.0 Å². The molecule has 0 bridgehead atoms. The Hall–Kier alpha value is -1.91. The van der Waals surface area contributed by atoms with Crippen molar-refractivity contribution in [2.75, 3.05) is 40.4 Å². The van der Waals surface area contributed by atoms with Crippen LogP contribution in [-0.2, 0) is 16.0 Å². The van der Waals surface area contributed by atoms with Crippen LogP contribution in [0.3, 0.4) is 0 Å². The van der Waals surface area contributed by atoms with Gasteiger partial charge in [0, 0.05) is 20.7 Å². The van der Waals surface area contributed by atoms with Crippen LogP contribution in [-0.4, -0.2) is 51.2 Å². The third-order valence-corrected chi connectivity index (χ3v) is 5.38. The third kappa shape index (κ3) is 3.86. The first kappa shape index (κ1) is 17.9. The molecule has 2 aromatic carbocycles. The number of rotatable bonds is 6. The largest absolute Gasteiger partial charge is 0.384 e. The number of likely N-dealkylation sites (N-methyl/N-ethyl adjacent to an activating group) is 1. The second-order valence-corrected chi connectivity index (χ2v) is 7.08. The van der Waals surface area contributed by atoms with Gasteiger partial charge in [0.2, 0.25) is 5.91 Å². The lowest BCUT2D eigenvalue weighted by molar-refractivity contribution is -0.146. The highest BCUT2D eigenvalue weighted by molar-refractivity contribution is 5.86. The van der Waals surface area contributed by atoms with Gasteiger partial charge in [-0.15, -0.1) is 0 Å². The lowest BCUT2D eigenvalue weighted by atomic mass is 9.78. The molecule has 134 valence electrons. The molecule has 25 heavy (non-hydrogen) atoms. The molecule has 0 saturated carbocycles. The second kappa shape index (κ2) is 7.98. The summed E-state index contributed by atoms with van der Waals surface area (Å²) < 4.78 is 5.40. The monoisotopic (exact) mass is 340 g/mol. The van der Waals surface area contributed by atoms with Crippen molar-refractivity contribution < 1.29 is 9.53 Å². The number of nitrogens with one attached hydrogen (secondary N) is 1. The predicted octanol–water partition coefficient (Wildman–Crippen LogP) is 2.86. The number of piperidine rings is 1. The van der Waals surface area contributed by atoms with Gasteiger partial charge in [-0.1, -0.05) is 42.5 Å². The molecule has 0 spiro atoms. The maximum Gasteiger partial charge on any atom is 0.230 e. The molecule has 4 nitrogen and oxygen atoms in total. The van der Waals surface area contributed by atoms with Crippen LogP contribution < -0.4 is 5.32 Å². The van der Waals surface area contributed by atoms with E-state index >= 15 is 0 Å². The molecule has 1 heterocycles. The molecule has 1 aliphatic rings. The highest BCUT2D eigenvalue weighted by Crippen LogP contribution is 2.31. The van der Waals surface area contributed by atoms with Crippen LogP contribution >= 0.6 is 0 Å². The van der Waals surface area contributed by atoms with E-state index in [2.05, 4.69) is 47.8 Å². The zero-order chi connectivity index (χ0) is 17.7. The van der Waals surface area contributed by atoms with Crippen molar-refractivity contribution in [3.63, 3.8) is 0 Å². The van der Waals surface area contributed by atoms with Gasteiger partial charge >= 0.3 is 0 Å². The Balaban J connectivity index is 1.70. The van der Waals surface area contributed by atoms with Crippen LogP contribution in [0.15, 0.2) is 42.5 Å². The molecule has 0 aromatic heterocycles. The fraction of sp³-hybridized carbons (Fsp3) is 0.476. The highest BCUT2D eigenvalue weighted by atomic mass is 16.5. The number of benzene rings is 2. The standard InChI is InChI=1S/C21H28N2O2/c1-23(20(24)21(16-25-2)11-13-22-14-12-21)15-10-18-8-5-7-17-6-3-4-9-19(17)18/h3-9,22H,10-16H2,1-2H3. The van der Waals surface area contributed by atoms with Gasteiger partial charge in [0.25, 0.3) is 0 Å². The van der Waals surface area contributed by atoms with Crippen molar-refractivity contribution >= 4 is 16.7 Å². The molecule has 1 fully saturated rings. The second-order valence-electron chi connectivity index (χ2n) is 7.08. The van der Waals surface area contributed by atoms with Crippen molar-refractivity contribution in [2.45, 2.75) is 19.3 Å². The summed E-state index contributed by atoms with van der Waals surface area (Å²) >= 11 is 0. The summed E-state index contributed by atoms with van der Waals surface area (Å²) in [5, 5.41) is 5.87. The van der Waals surface area contributed by atoms with Crippen LogP contribution in [0.1, 0.15) is 18.4 Å². The summed E-state index contributed by atoms with van der Waals surface area (Å²) in [6.07, 6.45) is 2.56. The van der Waals surface area contributed by atoms with E-state index in [0.717, 1.165) is 38.9 Å². The molecule has 2 aromatic rings. The topological polar surface area (TPSA) is 41.6 Å². The molecule has 1 amide bonds. The first-order valence-corrected chi connectivity index (χ1v) is 9.08. The Bertz CT molecular complexity index is 712. The molecule has 1 saturated heterocycles. The Labute approximate surface area is 150 Å². The van der Waals surface area contributed by atoms with Gasteiger partial charge in [0.1, 0.15) is 0 Å². The normalized spacial score (nSPS) is 16.7. The molecule has 0 atom stereocenters. The molecule has 1 aliphatic heterocycles. The summed E-state index contributed by atoms with van der Waals surface area (Å²) in [6, 6.07) is 14.8. The number of hydrogen-bond acceptors (Lipinski definition) is 3. The van der Waals surface area contributed by atoms with Gasteiger partial charge in [0.15, 0.2) is 0 Å². The summed E-state index contributed by atoms with van der Waals surface area (Å²) in [5.74, 6) is 0.219. The van der Waals surface area contributed by atoms with Gasteiger partial charge in [-0.3, -0.25) is 4.79 Å². The molecule has 4 heteroatoms. The van der Waals surface area contributed by atoms with Crippen molar-refractivity contribution in [3.8, 4) is 0 Å². The minimum absolute atomic E-state index is 0.219. The Morgan fingerprint density at radius 2 is 1.88 bits per heavy atom. The molecular formula is C21H28N2O2. The van der Waals surface area contributed by atoms with E-state index in [0.29, 0.717) is 6.61 Å². The van der Waals surface area contributed by atoms with E-state index in [1.54, 1.807) is 7.11 Å². The molecule has 0 radical (unpaired) electrons. The minimum atomic E-state index is -0.368. The number of amides is 1. The van der Waals surface area contributed by atoms with Gasteiger partial charge in [0.05, 0.1) is 12.0 Å². The van der Waals surface area contributed by atoms with E-state index in [-0.39, 0.29) is 11.3 Å². The summed E-state index contributed by atoms with van der Waals surface area (Å²) in [6.45, 7) is 3.00. The SMILES string of the molecule is COCC1(C(=O)N(C)CCc2cccc3ccccc23)CCNCC1. The van der Waals surface area contributed by atoms with Crippen molar-refractivity contribution in [2.24, 2.45) is 5.41 Å². The van der Waals surface area contributed by atoms with Crippen LogP contribution in [0.5, 0.6) is 0 Å². The van der Waals surface area contributed by atoms with E-state index in [4.69, 9.17) is 4.74 Å². The Kier molecular flexibility index (Phi) is 5.71. The van der Waals surface area contributed by atoms with Crippen LogP contribution in [0, 0.1) is 5.41 Å². The quantitative estimate of drug-likeness (QED) is 0.879. The lowest BCUT2D eigenvalue weighted by Crippen LogP contribution is -2.51. The number of fused-ring (bicyclic) bond motifs is 1. The number of nitrogens with zero attached hydrogens (tertiary/aromatic N) is 1. The number of methoxy groups -OCH3 is 1. The fourth-order valence-corrected chi connectivity index (χ4v) is 3.91. The van der Waals surface area contributed by atoms with Gasteiger partial charge in [-0.2, -0.15) is 0 Å². The van der Waals surface area contributed by atoms with E-state index < -0.39 is 0 Å². The zero-order valence-corrected chi connectivity index (χ0v) is 15.3. The fourth-order valence-electron chi connectivity index (χ4n) is 3.91. The molecular weight excluding hydrogens is 312 g/mol. The number of carbonyl (C=O) groups is 1. The van der Waals surface area contributed by atoms with E-state index in [9.17, 15) is 4.79 Å². The highest BCUT2D eigenvalue weighted by Gasteiger charge is 2.41.